The van der Waals surface area contributed by atoms with Crippen molar-refractivity contribution >= 4 is 12.1 Å². The van der Waals surface area contributed by atoms with E-state index < -0.39 is 23.5 Å². The van der Waals surface area contributed by atoms with E-state index in [1.807, 2.05) is 31.2 Å². The molecule has 0 spiro atoms. The molecule has 0 bridgehead atoms. The van der Waals surface area contributed by atoms with Gasteiger partial charge in [0.25, 0.3) is 0 Å². The van der Waals surface area contributed by atoms with Gasteiger partial charge < -0.3 is 15.2 Å². The molecule has 31 heavy (non-hydrogen) atoms. The summed E-state index contributed by atoms with van der Waals surface area (Å²) >= 11 is 0. The molecule has 5 nitrogen and oxygen atoms in total. The molecule has 2 N–H and O–H groups in total. The molecule has 5 heteroatoms. The molecule has 0 aromatic heterocycles. The molecule has 5 rings (SSSR count). The number of carboxylic acid groups (broad SMARTS) is 1. The molecule has 0 heterocycles. The van der Waals surface area contributed by atoms with Crippen LogP contribution < -0.4 is 5.32 Å². The highest BCUT2D eigenvalue weighted by atomic mass is 16.5. The Balaban J connectivity index is 1.31. The Bertz CT molecular complexity index is 1020. The SMILES string of the molecule is CC1(C)[C@@H]2C[C@@H](C(=O)O)[C@@](C)(NC(=O)OCC3c4ccccc4-c4ccccc43)C[C@@H]21. The van der Waals surface area contributed by atoms with Gasteiger partial charge in [0.15, 0.2) is 0 Å². The number of nitrogens with one attached hydrogen (secondary N) is 1. The van der Waals surface area contributed by atoms with E-state index in [1.54, 1.807) is 0 Å². The number of benzene rings is 2. The van der Waals surface area contributed by atoms with Crippen LogP contribution in [-0.4, -0.2) is 29.3 Å². The number of hydrogen-bond donors (Lipinski definition) is 2. The first-order valence-electron chi connectivity index (χ1n) is 11.1. The molecule has 162 valence electrons. The van der Waals surface area contributed by atoms with Gasteiger partial charge in [-0.25, -0.2) is 4.79 Å². The lowest BCUT2D eigenvalue weighted by Crippen LogP contribution is -2.56. The maximum atomic E-state index is 12.8. The van der Waals surface area contributed by atoms with Gasteiger partial charge in [0.05, 0.1) is 11.5 Å². The smallest absolute Gasteiger partial charge is 0.407 e. The van der Waals surface area contributed by atoms with Crippen LogP contribution in [0.15, 0.2) is 48.5 Å². The monoisotopic (exact) mass is 419 g/mol. The number of alkyl carbamates (subject to hydrolysis) is 1. The van der Waals surface area contributed by atoms with E-state index in [-0.39, 0.29) is 17.9 Å². The fourth-order valence-electron chi connectivity index (χ4n) is 6.22. The largest absolute Gasteiger partial charge is 0.481 e. The average molecular weight is 420 g/mol. The zero-order chi connectivity index (χ0) is 22.0. The van der Waals surface area contributed by atoms with Crippen molar-refractivity contribution < 1.29 is 19.4 Å². The normalized spacial score (nSPS) is 30.0. The summed E-state index contributed by atoms with van der Waals surface area (Å²) in [6.45, 7) is 6.48. The van der Waals surface area contributed by atoms with E-state index in [0.717, 1.165) is 11.1 Å². The number of fused-ring (bicyclic) bond motifs is 4. The lowest BCUT2D eigenvalue weighted by molar-refractivity contribution is -0.146. The molecular formula is C26H29NO4. The molecule has 4 atom stereocenters. The van der Waals surface area contributed by atoms with Crippen LogP contribution in [0.4, 0.5) is 4.79 Å². The molecule has 3 aliphatic carbocycles. The van der Waals surface area contributed by atoms with Crippen molar-refractivity contribution in [2.45, 2.75) is 45.1 Å². The van der Waals surface area contributed by atoms with Crippen LogP contribution in [0, 0.1) is 23.2 Å². The van der Waals surface area contributed by atoms with Gasteiger partial charge in [-0.1, -0.05) is 62.4 Å². The van der Waals surface area contributed by atoms with Gasteiger partial charge in [-0.2, -0.15) is 0 Å². The number of carboxylic acids is 1. The van der Waals surface area contributed by atoms with Crippen molar-refractivity contribution in [3.8, 4) is 11.1 Å². The van der Waals surface area contributed by atoms with Crippen LogP contribution >= 0.6 is 0 Å². The summed E-state index contributed by atoms with van der Waals surface area (Å²) < 4.78 is 5.69. The number of carbonyl (C=O) groups excluding carboxylic acids is 1. The van der Waals surface area contributed by atoms with E-state index in [0.29, 0.717) is 24.7 Å². The standard InChI is InChI=1S/C26H29NO4/c1-25(2)20-12-21(23(28)29)26(3,13-22(20)25)27-24(30)31-14-19-17-10-6-4-8-15(17)16-9-5-7-11-18(16)19/h4-11,19-22H,12-14H2,1-3H3,(H,27,30)(H,28,29)/t20-,21+,22+,26+/m1/s1. The molecular weight excluding hydrogens is 390 g/mol. The number of rotatable bonds is 4. The van der Waals surface area contributed by atoms with Crippen LogP contribution in [0.5, 0.6) is 0 Å². The maximum Gasteiger partial charge on any atom is 0.407 e. The van der Waals surface area contributed by atoms with Gasteiger partial charge in [0, 0.05) is 5.92 Å². The maximum absolute atomic E-state index is 12.8. The van der Waals surface area contributed by atoms with Crippen LogP contribution in [0.1, 0.15) is 50.7 Å². The quantitative estimate of drug-likeness (QED) is 0.727. The van der Waals surface area contributed by atoms with Crippen LogP contribution in [0.2, 0.25) is 0 Å². The lowest BCUT2D eigenvalue weighted by Gasteiger charge is -2.39. The number of aliphatic carboxylic acids is 1. The van der Waals surface area contributed by atoms with Gasteiger partial charge in [0.2, 0.25) is 0 Å². The van der Waals surface area contributed by atoms with Crippen LogP contribution in [0.3, 0.4) is 0 Å². The fraction of sp³-hybridized carbons (Fsp3) is 0.462. The molecule has 2 saturated carbocycles. The summed E-state index contributed by atoms with van der Waals surface area (Å²) in [7, 11) is 0. The molecule has 2 fully saturated rings. The third-order valence-electron chi connectivity index (χ3n) is 8.22. The second kappa shape index (κ2) is 6.84. The topological polar surface area (TPSA) is 75.6 Å². The molecule has 2 aromatic carbocycles. The summed E-state index contributed by atoms with van der Waals surface area (Å²) in [6, 6.07) is 16.4. The highest BCUT2D eigenvalue weighted by Crippen LogP contribution is 2.67. The summed E-state index contributed by atoms with van der Waals surface area (Å²) in [5.74, 6) is -0.592. The van der Waals surface area contributed by atoms with Gasteiger partial charge in [0.1, 0.15) is 6.61 Å². The van der Waals surface area contributed by atoms with Crippen molar-refractivity contribution in [3.63, 3.8) is 0 Å². The Labute approximate surface area is 182 Å². The predicted molar refractivity (Wildman–Crippen MR) is 118 cm³/mol. The van der Waals surface area contributed by atoms with Crippen molar-refractivity contribution in [3.05, 3.63) is 59.7 Å². The first-order valence-corrected chi connectivity index (χ1v) is 11.1. The first kappa shape index (κ1) is 20.1. The molecule has 0 radical (unpaired) electrons. The van der Waals surface area contributed by atoms with Crippen molar-refractivity contribution in [1.29, 1.82) is 0 Å². The van der Waals surface area contributed by atoms with Crippen molar-refractivity contribution in [2.75, 3.05) is 6.61 Å². The van der Waals surface area contributed by atoms with Gasteiger partial charge in [-0.3, -0.25) is 4.79 Å². The molecule has 0 unspecified atom stereocenters. The molecule has 2 aromatic rings. The number of hydrogen-bond acceptors (Lipinski definition) is 3. The summed E-state index contributed by atoms with van der Waals surface area (Å²) in [6.07, 6.45) is 0.742. The Morgan fingerprint density at radius 1 is 1.00 bits per heavy atom. The van der Waals surface area contributed by atoms with Gasteiger partial charge in [-0.15, -0.1) is 0 Å². The van der Waals surface area contributed by atoms with Crippen molar-refractivity contribution in [2.24, 2.45) is 23.2 Å². The second-order valence-electron chi connectivity index (χ2n) is 10.2. The second-order valence-corrected chi connectivity index (χ2v) is 10.2. The molecule has 0 aliphatic heterocycles. The average Bonchev–Trinajstić information content (AvgIpc) is 3.10. The minimum Gasteiger partial charge on any atom is -0.481 e. The van der Waals surface area contributed by atoms with Gasteiger partial charge in [-0.05, 0) is 59.3 Å². The number of amides is 1. The molecule has 0 saturated heterocycles. The van der Waals surface area contributed by atoms with Gasteiger partial charge >= 0.3 is 12.1 Å². The molecule has 3 aliphatic rings. The Hall–Kier alpha value is -2.82. The number of carbonyl (C=O) groups is 2. The van der Waals surface area contributed by atoms with E-state index in [4.69, 9.17) is 4.74 Å². The lowest BCUT2D eigenvalue weighted by atomic mass is 9.74. The summed E-state index contributed by atoms with van der Waals surface area (Å²) in [4.78, 5) is 24.8. The zero-order valence-electron chi connectivity index (χ0n) is 18.2. The fourth-order valence-corrected chi connectivity index (χ4v) is 6.22. The minimum atomic E-state index is -0.845. The number of ether oxygens (including phenoxy) is 1. The van der Waals surface area contributed by atoms with E-state index >= 15 is 0 Å². The Morgan fingerprint density at radius 2 is 1.58 bits per heavy atom. The highest BCUT2D eigenvalue weighted by molar-refractivity contribution is 5.79. The Kier molecular flexibility index (Phi) is 4.44. The predicted octanol–water partition coefficient (Wildman–Crippen LogP) is 5.05. The van der Waals surface area contributed by atoms with Crippen LogP contribution in [0.25, 0.3) is 11.1 Å². The third-order valence-corrected chi connectivity index (χ3v) is 8.22. The van der Waals surface area contributed by atoms with Crippen molar-refractivity contribution in [1.82, 2.24) is 5.32 Å². The van der Waals surface area contributed by atoms with E-state index in [9.17, 15) is 14.7 Å². The summed E-state index contributed by atoms with van der Waals surface area (Å²) in [5.41, 5.74) is 4.02. The first-order chi connectivity index (χ1) is 14.7. The third kappa shape index (κ3) is 3.13. The Morgan fingerprint density at radius 3 is 2.16 bits per heavy atom. The zero-order valence-corrected chi connectivity index (χ0v) is 18.2. The van der Waals surface area contributed by atoms with E-state index in [2.05, 4.69) is 43.4 Å². The molecule has 1 amide bonds. The van der Waals surface area contributed by atoms with E-state index in [1.165, 1.54) is 11.1 Å². The van der Waals surface area contributed by atoms with Crippen LogP contribution in [-0.2, 0) is 9.53 Å². The highest BCUT2D eigenvalue weighted by Gasteiger charge is 2.65. The minimum absolute atomic E-state index is 0.0145. The summed E-state index contributed by atoms with van der Waals surface area (Å²) in [5, 5.41) is 12.8.